The molecule has 0 saturated carbocycles. The van der Waals surface area contributed by atoms with Crippen LogP contribution in [0.4, 0.5) is 10.1 Å². The average Bonchev–Trinajstić information content (AvgIpc) is 3.52. The van der Waals surface area contributed by atoms with Gasteiger partial charge in [-0.2, -0.15) is 0 Å². The van der Waals surface area contributed by atoms with Crippen molar-refractivity contribution in [1.82, 2.24) is 19.1 Å². The molecule has 36 heavy (non-hydrogen) atoms. The lowest BCUT2D eigenvalue weighted by atomic mass is 10.1. The summed E-state index contributed by atoms with van der Waals surface area (Å²) in [7, 11) is 0. The Bertz CT molecular complexity index is 1530. The van der Waals surface area contributed by atoms with Gasteiger partial charge in [-0.05, 0) is 36.6 Å². The molecule has 0 aliphatic carbocycles. The predicted molar refractivity (Wildman–Crippen MR) is 133 cm³/mol. The topological polar surface area (TPSA) is 111 Å². The first-order valence-corrected chi connectivity index (χ1v) is 11.8. The molecular weight excluding hydrogens is 465 g/mol. The van der Waals surface area contributed by atoms with Crippen molar-refractivity contribution >= 4 is 22.8 Å². The molecule has 2 N–H and O–H groups in total. The van der Waals surface area contributed by atoms with Crippen molar-refractivity contribution in [2.24, 2.45) is 0 Å². The number of hydrogen-bond acceptors (Lipinski definition) is 5. The monoisotopic (exact) mass is 491 g/mol. The van der Waals surface area contributed by atoms with Crippen LogP contribution in [0.5, 0.6) is 0 Å². The van der Waals surface area contributed by atoms with Gasteiger partial charge >= 0.3 is 5.69 Å². The normalized spacial score (nSPS) is 15.4. The van der Waals surface area contributed by atoms with Gasteiger partial charge < -0.3 is 15.0 Å². The Labute approximate surface area is 205 Å². The molecular formula is C26H26FN5O4. The number of fused-ring (bicyclic) bond motifs is 1. The van der Waals surface area contributed by atoms with Crippen molar-refractivity contribution in [3.8, 4) is 0 Å². The number of nitrogens with zero attached hydrogens (tertiary/aromatic N) is 3. The number of anilines is 1. The third kappa shape index (κ3) is 4.85. The average molecular weight is 492 g/mol. The highest BCUT2D eigenvalue weighted by molar-refractivity contribution is 5.88. The fraction of sp³-hybridized carbons (Fsp3) is 0.308. The van der Waals surface area contributed by atoms with Crippen LogP contribution < -0.4 is 16.6 Å². The molecule has 2 aromatic carbocycles. The van der Waals surface area contributed by atoms with Crippen LogP contribution in [0.25, 0.3) is 11.2 Å². The molecule has 1 aliphatic rings. The summed E-state index contributed by atoms with van der Waals surface area (Å²) in [4.78, 5) is 45.7. The number of aromatic nitrogens is 4. The number of aromatic amines is 1. The predicted octanol–water partition coefficient (Wildman–Crippen LogP) is 2.80. The van der Waals surface area contributed by atoms with Crippen molar-refractivity contribution in [2.75, 3.05) is 11.9 Å². The fourth-order valence-electron chi connectivity index (χ4n) is 4.49. The number of ether oxygens (including phenoxy) is 1. The van der Waals surface area contributed by atoms with Gasteiger partial charge in [-0.3, -0.25) is 18.7 Å². The maximum absolute atomic E-state index is 14.3. The molecule has 0 radical (unpaired) electrons. The summed E-state index contributed by atoms with van der Waals surface area (Å²) in [5.41, 5.74) is 1.17. The largest absolute Gasteiger partial charge is 0.376 e. The van der Waals surface area contributed by atoms with Crippen LogP contribution in [-0.4, -0.2) is 37.7 Å². The first-order valence-electron chi connectivity index (χ1n) is 11.8. The van der Waals surface area contributed by atoms with Crippen molar-refractivity contribution in [3.63, 3.8) is 0 Å². The fourth-order valence-corrected chi connectivity index (χ4v) is 4.49. The van der Waals surface area contributed by atoms with Crippen LogP contribution in [-0.2, 0) is 29.0 Å². The molecule has 3 heterocycles. The van der Waals surface area contributed by atoms with Crippen molar-refractivity contribution < 1.29 is 13.9 Å². The van der Waals surface area contributed by atoms with Crippen molar-refractivity contribution in [1.29, 1.82) is 0 Å². The van der Waals surface area contributed by atoms with E-state index in [1.54, 1.807) is 30.3 Å². The number of carbonyl (C=O) groups is 1. The van der Waals surface area contributed by atoms with Gasteiger partial charge in [-0.1, -0.05) is 30.3 Å². The van der Waals surface area contributed by atoms with E-state index >= 15 is 0 Å². The van der Waals surface area contributed by atoms with Gasteiger partial charge in [0.05, 0.1) is 19.2 Å². The number of imidazole rings is 1. The number of benzene rings is 2. The second-order valence-electron chi connectivity index (χ2n) is 8.95. The van der Waals surface area contributed by atoms with Gasteiger partial charge in [0.1, 0.15) is 17.2 Å². The summed E-state index contributed by atoms with van der Waals surface area (Å²) < 4.78 is 22.6. The third-order valence-corrected chi connectivity index (χ3v) is 6.25. The number of rotatable bonds is 7. The van der Waals surface area contributed by atoms with E-state index in [2.05, 4.69) is 15.3 Å². The number of halogens is 1. The highest BCUT2D eigenvalue weighted by Gasteiger charge is 2.23. The van der Waals surface area contributed by atoms with Crippen LogP contribution in [0, 0.1) is 5.82 Å². The van der Waals surface area contributed by atoms with Crippen LogP contribution in [0.2, 0.25) is 0 Å². The van der Waals surface area contributed by atoms with E-state index in [4.69, 9.17) is 4.74 Å². The van der Waals surface area contributed by atoms with Crippen LogP contribution in [0.1, 0.15) is 36.7 Å². The minimum Gasteiger partial charge on any atom is -0.376 e. The molecule has 1 aliphatic heterocycles. The molecule has 5 rings (SSSR count). The zero-order valence-corrected chi connectivity index (χ0v) is 19.8. The molecule has 2 aromatic heterocycles. The number of nitrogens with one attached hydrogen (secondary N) is 2. The Morgan fingerprint density at radius 3 is 2.64 bits per heavy atom. The van der Waals surface area contributed by atoms with Crippen LogP contribution in [0.15, 0.2) is 58.1 Å². The summed E-state index contributed by atoms with van der Waals surface area (Å²) >= 11 is 0. The summed E-state index contributed by atoms with van der Waals surface area (Å²) in [6.07, 6.45) is 1.93. The van der Waals surface area contributed by atoms with E-state index in [0.29, 0.717) is 24.5 Å². The van der Waals surface area contributed by atoms with E-state index in [1.807, 2.05) is 12.1 Å². The molecule has 0 spiro atoms. The molecule has 186 valence electrons. The second kappa shape index (κ2) is 9.90. The summed E-state index contributed by atoms with van der Waals surface area (Å²) in [5, 5.41) is 2.72. The molecule has 9 nitrogen and oxygen atoms in total. The lowest BCUT2D eigenvalue weighted by Gasteiger charge is -2.15. The highest BCUT2D eigenvalue weighted by Crippen LogP contribution is 2.18. The Balaban J connectivity index is 1.55. The van der Waals surface area contributed by atoms with Gasteiger partial charge in [0.2, 0.25) is 5.91 Å². The minimum atomic E-state index is -0.554. The first kappa shape index (κ1) is 23.7. The maximum atomic E-state index is 14.3. The molecule has 1 saturated heterocycles. The maximum Gasteiger partial charge on any atom is 0.333 e. The second-order valence-corrected chi connectivity index (χ2v) is 8.95. The molecule has 1 atom stereocenters. The number of hydrogen-bond donors (Lipinski definition) is 2. The number of amides is 1. The Hall–Kier alpha value is -4.05. The van der Waals surface area contributed by atoms with E-state index in [0.717, 1.165) is 23.0 Å². The summed E-state index contributed by atoms with van der Waals surface area (Å²) in [5.74, 6) is -0.128. The van der Waals surface area contributed by atoms with E-state index in [9.17, 15) is 18.8 Å². The molecule has 1 fully saturated rings. The molecule has 4 aromatic rings. The van der Waals surface area contributed by atoms with E-state index < -0.39 is 17.1 Å². The van der Waals surface area contributed by atoms with Gasteiger partial charge in [-0.15, -0.1) is 0 Å². The van der Waals surface area contributed by atoms with Gasteiger partial charge in [0, 0.05) is 31.2 Å². The number of H-pyrrole nitrogens is 1. The molecule has 1 unspecified atom stereocenters. The highest BCUT2D eigenvalue weighted by atomic mass is 19.1. The zero-order chi connectivity index (χ0) is 25.2. The van der Waals surface area contributed by atoms with Crippen molar-refractivity contribution in [2.45, 2.75) is 45.4 Å². The van der Waals surface area contributed by atoms with Gasteiger partial charge in [-0.25, -0.2) is 14.2 Å². The molecule has 1 amide bonds. The summed E-state index contributed by atoms with van der Waals surface area (Å²) in [6, 6.07) is 13.4. The zero-order valence-electron chi connectivity index (χ0n) is 19.8. The van der Waals surface area contributed by atoms with E-state index in [-0.39, 0.29) is 41.8 Å². The summed E-state index contributed by atoms with van der Waals surface area (Å²) in [6.45, 7) is 2.13. The van der Waals surface area contributed by atoms with Crippen molar-refractivity contribution in [3.05, 3.63) is 92.1 Å². The van der Waals surface area contributed by atoms with Gasteiger partial charge in [0.15, 0.2) is 5.65 Å². The standard InChI is InChI=1S/C26H26FN5O4/c1-16(33)28-19-10-8-17(9-11-19)13-22-29-23-24(30-22)31(15-20-6-4-12-36-20)26(35)32(25(23)34)14-18-5-2-3-7-21(18)27/h2-3,5,7-11,20H,4,6,12-15H2,1H3,(H,28,33)(H,29,30). The van der Waals surface area contributed by atoms with Crippen LogP contribution >= 0.6 is 0 Å². The minimum absolute atomic E-state index is 0.157. The SMILES string of the molecule is CC(=O)Nc1ccc(Cc2nc3c([nH]2)c(=O)n(Cc2ccccc2F)c(=O)n3CC2CCCO2)cc1. The van der Waals surface area contributed by atoms with Gasteiger partial charge in [0.25, 0.3) is 5.56 Å². The molecule has 10 heteroatoms. The Kier molecular flexibility index (Phi) is 6.51. The lowest BCUT2D eigenvalue weighted by molar-refractivity contribution is -0.114. The first-order chi connectivity index (χ1) is 17.4. The smallest absolute Gasteiger partial charge is 0.333 e. The molecule has 0 bridgehead atoms. The van der Waals surface area contributed by atoms with Crippen LogP contribution in [0.3, 0.4) is 0 Å². The lowest BCUT2D eigenvalue weighted by Crippen LogP contribution is -2.42. The Morgan fingerprint density at radius 2 is 1.94 bits per heavy atom. The third-order valence-electron chi connectivity index (χ3n) is 6.25. The number of carbonyl (C=O) groups excluding carboxylic acids is 1. The quantitative estimate of drug-likeness (QED) is 0.413. The van der Waals surface area contributed by atoms with E-state index in [1.165, 1.54) is 17.6 Å². The Morgan fingerprint density at radius 1 is 1.17 bits per heavy atom.